The number of aryl methyl sites for hydroxylation is 1. The number of carbonyl (C=O) groups is 1. The van der Waals surface area contributed by atoms with Crippen molar-refractivity contribution in [2.45, 2.75) is 33.1 Å². The second kappa shape index (κ2) is 3.17. The largest absolute Gasteiger partial charge is 0.383 e. The molecule has 1 saturated carbocycles. The molecule has 1 aromatic rings. The van der Waals surface area contributed by atoms with Gasteiger partial charge in [-0.25, -0.2) is 9.97 Å². The van der Waals surface area contributed by atoms with Gasteiger partial charge in [0.05, 0.1) is 5.69 Å². The number of anilines is 1. The van der Waals surface area contributed by atoms with E-state index in [0.717, 1.165) is 12.2 Å². The maximum Gasteiger partial charge on any atom is 0.254 e. The summed E-state index contributed by atoms with van der Waals surface area (Å²) >= 11 is 0. The van der Waals surface area contributed by atoms with Gasteiger partial charge in [0.2, 0.25) is 0 Å². The summed E-state index contributed by atoms with van der Waals surface area (Å²) in [6.45, 7) is 6.06. The van der Waals surface area contributed by atoms with Crippen LogP contribution in [-0.2, 0) is 0 Å². The van der Waals surface area contributed by atoms with Crippen molar-refractivity contribution in [1.82, 2.24) is 9.97 Å². The van der Waals surface area contributed by atoms with E-state index in [1.807, 2.05) is 0 Å². The summed E-state index contributed by atoms with van der Waals surface area (Å²) in [6.07, 6.45) is 1.06. The van der Waals surface area contributed by atoms with Crippen LogP contribution in [0.4, 0.5) is 5.82 Å². The zero-order chi connectivity index (χ0) is 12.1. The molecule has 1 unspecified atom stereocenters. The molecule has 0 radical (unpaired) electrons. The highest BCUT2D eigenvalue weighted by Crippen LogP contribution is 2.57. The van der Waals surface area contributed by atoms with E-state index < -0.39 is 5.91 Å². The SMILES string of the molecule is Cc1nc(C2CC2(C)C)nc(N)c1C(N)=O. The smallest absolute Gasteiger partial charge is 0.254 e. The van der Waals surface area contributed by atoms with Gasteiger partial charge in [-0.3, -0.25) is 4.79 Å². The number of nitrogens with two attached hydrogens (primary N) is 2. The predicted octanol–water partition coefficient (Wildman–Crippen LogP) is 0.980. The average Bonchev–Trinajstić information content (AvgIpc) is 2.73. The Labute approximate surface area is 94.3 Å². The molecule has 1 heterocycles. The molecule has 4 N–H and O–H groups in total. The van der Waals surface area contributed by atoms with Gasteiger partial charge in [-0.15, -0.1) is 0 Å². The summed E-state index contributed by atoms with van der Waals surface area (Å²) in [5, 5.41) is 0. The number of hydrogen-bond donors (Lipinski definition) is 2. The van der Waals surface area contributed by atoms with Crippen LogP contribution >= 0.6 is 0 Å². The lowest BCUT2D eigenvalue weighted by Crippen LogP contribution is -2.18. The molecular weight excluding hydrogens is 204 g/mol. The van der Waals surface area contributed by atoms with E-state index in [0.29, 0.717) is 11.6 Å². The molecule has 0 aromatic carbocycles. The van der Waals surface area contributed by atoms with Gasteiger partial charge in [0, 0.05) is 5.92 Å². The Hall–Kier alpha value is -1.65. The number of hydrogen-bond acceptors (Lipinski definition) is 4. The van der Waals surface area contributed by atoms with Crippen molar-refractivity contribution in [2.75, 3.05) is 5.73 Å². The third kappa shape index (κ3) is 1.62. The van der Waals surface area contributed by atoms with E-state index in [1.165, 1.54) is 0 Å². The second-order valence-corrected chi connectivity index (χ2v) is 5.04. The molecule has 2 rings (SSSR count). The van der Waals surface area contributed by atoms with Crippen LogP contribution < -0.4 is 11.5 Å². The number of rotatable bonds is 2. The fourth-order valence-corrected chi connectivity index (χ4v) is 1.99. The molecule has 86 valence electrons. The lowest BCUT2D eigenvalue weighted by atomic mass is 10.1. The summed E-state index contributed by atoms with van der Waals surface area (Å²) in [4.78, 5) is 19.6. The van der Waals surface area contributed by atoms with Gasteiger partial charge < -0.3 is 11.5 Å². The number of carbonyl (C=O) groups excluding carboxylic acids is 1. The predicted molar refractivity (Wildman–Crippen MR) is 60.8 cm³/mol. The minimum atomic E-state index is -0.573. The molecule has 16 heavy (non-hydrogen) atoms. The highest BCUT2D eigenvalue weighted by atomic mass is 16.1. The van der Waals surface area contributed by atoms with Gasteiger partial charge in [-0.1, -0.05) is 13.8 Å². The van der Waals surface area contributed by atoms with Gasteiger partial charge >= 0.3 is 0 Å². The minimum absolute atomic E-state index is 0.192. The lowest BCUT2D eigenvalue weighted by Gasteiger charge is -2.08. The highest BCUT2D eigenvalue weighted by molar-refractivity contribution is 5.98. The lowest BCUT2D eigenvalue weighted by molar-refractivity contribution is 0.1000. The van der Waals surface area contributed by atoms with Crippen molar-refractivity contribution >= 4 is 11.7 Å². The highest BCUT2D eigenvalue weighted by Gasteiger charge is 2.48. The van der Waals surface area contributed by atoms with Crippen molar-refractivity contribution in [3.05, 3.63) is 17.1 Å². The summed E-state index contributed by atoms with van der Waals surface area (Å²) in [5.74, 6) is 0.690. The van der Waals surface area contributed by atoms with Gasteiger partial charge in [0.1, 0.15) is 17.2 Å². The molecular formula is C11H16N4O. The average molecular weight is 220 g/mol. The van der Waals surface area contributed by atoms with Gasteiger partial charge in [0.15, 0.2) is 0 Å². The van der Waals surface area contributed by atoms with Crippen molar-refractivity contribution in [3.63, 3.8) is 0 Å². The molecule has 5 heteroatoms. The van der Waals surface area contributed by atoms with E-state index in [4.69, 9.17) is 11.5 Å². The number of aromatic nitrogens is 2. The van der Waals surface area contributed by atoms with E-state index >= 15 is 0 Å². The molecule has 0 saturated heterocycles. The normalized spacial score (nSPS) is 21.8. The van der Waals surface area contributed by atoms with Crippen LogP contribution in [0.2, 0.25) is 0 Å². The zero-order valence-corrected chi connectivity index (χ0v) is 9.74. The Bertz CT molecular complexity index is 444. The molecule has 1 amide bonds. The van der Waals surface area contributed by atoms with E-state index in [-0.39, 0.29) is 16.8 Å². The molecule has 1 aromatic heterocycles. The van der Waals surface area contributed by atoms with E-state index in [9.17, 15) is 4.79 Å². The molecule has 0 aliphatic heterocycles. The van der Waals surface area contributed by atoms with Crippen LogP contribution in [-0.4, -0.2) is 15.9 Å². The first kappa shape index (κ1) is 10.9. The first-order chi connectivity index (χ1) is 7.33. The van der Waals surface area contributed by atoms with Gasteiger partial charge in [-0.2, -0.15) is 0 Å². The number of nitrogen functional groups attached to an aromatic ring is 1. The van der Waals surface area contributed by atoms with Crippen LogP contribution in [0.5, 0.6) is 0 Å². The monoisotopic (exact) mass is 220 g/mol. The van der Waals surface area contributed by atoms with E-state index in [1.54, 1.807) is 6.92 Å². The van der Waals surface area contributed by atoms with Crippen molar-refractivity contribution in [3.8, 4) is 0 Å². The standard InChI is InChI=1S/C11H16N4O/c1-5-7(9(13)16)8(12)15-10(14-5)6-4-11(6,2)3/h6H,4H2,1-3H3,(H2,13,16)(H2,12,14,15). The fraction of sp³-hybridized carbons (Fsp3) is 0.545. The molecule has 5 nitrogen and oxygen atoms in total. The van der Waals surface area contributed by atoms with Crippen molar-refractivity contribution in [1.29, 1.82) is 0 Å². The van der Waals surface area contributed by atoms with Crippen LogP contribution in [0.3, 0.4) is 0 Å². The summed E-state index contributed by atoms with van der Waals surface area (Å²) < 4.78 is 0. The summed E-state index contributed by atoms with van der Waals surface area (Å²) in [6, 6.07) is 0. The van der Waals surface area contributed by atoms with Crippen LogP contribution in [0.15, 0.2) is 0 Å². The Morgan fingerprint density at radius 2 is 2.00 bits per heavy atom. The van der Waals surface area contributed by atoms with Crippen molar-refractivity contribution in [2.24, 2.45) is 11.1 Å². The van der Waals surface area contributed by atoms with E-state index in [2.05, 4.69) is 23.8 Å². The molecule has 1 aliphatic rings. The molecule has 0 bridgehead atoms. The van der Waals surface area contributed by atoms with Crippen LogP contribution in [0.1, 0.15) is 48.1 Å². The van der Waals surface area contributed by atoms with Gasteiger partial charge in [0.25, 0.3) is 5.91 Å². The van der Waals surface area contributed by atoms with Gasteiger partial charge in [-0.05, 0) is 18.8 Å². The zero-order valence-electron chi connectivity index (χ0n) is 9.74. The minimum Gasteiger partial charge on any atom is -0.383 e. The molecule has 1 atom stereocenters. The molecule has 1 aliphatic carbocycles. The fourth-order valence-electron chi connectivity index (χ4n) is 1.99. The van der Waals surface area contributed by atoms with Crippen LogP contribution in [0, 0.1) is 12.3 Å². The Morgan fingerprint density at radius 1 is 1.44 bits per heavy atom. The maximum absolute atomic E-state index is 11.1. The van der Waals surface area contributed by atoms with Crippen LogP contribution in [0.25, 0.3) is 0 Å². The number of primary amides is 1. The summed E-state index contributed by atoms with van der Waals surface area (Å²) in [5.41, 5.74) is 12.0. The Balaban J connectivity index is 2.43. The first-order valence-corrected chi connectivity index (χ1v) is 5.27. The third-order valence-corrected chi connectivity index (χ3v) is 3.21. The quantitative estimate of drug-likeness (QED) is 0.776. The summed E-state index contributed by atoms with van der Waals surface area (Å²) in [7, 11) is 0. The first-order valence-electron chi connectivity index (χ1n) is 5.27. The maximum atomic E-state index is 11.1. The Morgan fingerprint density at radius 3 is 2.38 bits per heavy atom. The second-order valence-electron chi connectivity index (χ2n) is 5.04. The number of nitrogens with zero attached hydrogens (tertiary/aromatic N) is 2. The topological polar surface area (TPSA) is 94.9 Å². The molecule has 1 fully saturated rings. The van der Waals surface area contributed by atoms with Crippen molar-refractivity contribution < 1.29 is 4.79 Å². The third-order valence-electron chi connectivity index (χ3n) is 3.21. The molecule has 0 spiro atoms. The Kier molecular flexibility index (Phi) is 2.15. The number of amides is 1.